The van der Waals surface area contributed by atoms with Crippen LogP contribution in [-0.2, 0) is 28.5 Å². The number of hydrogen-bond acceptors (Lipinski definition) is 6. The second-order valence-corrected chi connectivity index (χ2v) is 7.49. The van der Waals surface area contributed by atoms with Crippen LogP contribution in [0.3, 0.4) is 0 Å². The van der Waals surface area contributed by atoms with Gasteiger partial charge < -0.3 is 23.7 Å². The number of carbonyl (C=O) groups is 1. The lowest BCUT2D eigenvalue weighted by Gasteiger charge is -2.34. The summed E-state index contributed by atoms with van der Waals surface area (Å²) in [5.74, 6) is -0.363. The first-order chi connectivity index (χ1) is 13.5. The maximum absolute atomic E-state index is 11.1. The average Bonchev–Trinajstić information content (AvgIpc) is 2.91. The van der Waals surface area contributed by atoms with E-state index < -0.39 is 5.60 Å². The SMILES string of the molecule is CCCCOC[C@H]1OC(C=COC(C)=O)[C@](C)(OCCCC)[C@@H]1OCCCC. The Labute approximate surface area is 170 Å². The molecule has 1 aliphatic heterocycles. The van der Waals surface area contributed by atoms with Gasteiger partial charge in [-0.1, -0.05) is 40.0 Å². The molecule has 164 valence electrons. The third-order valence-corrected chi connectivity index (χ3v) is 4.91. The van der Waals surface area contributed by atoms with Crippen molar-refractivity contribution in [3.05, 3.63) is 12.3 Å². The van der Waals surface area contributed by atoms with E-state index in [0.29, 0.717) is 26.4 Å². The lowest BCUT2D eigenvalue weighted by Crippen LogP contribution is -2.49. The van der Waals surface area contributed by atoms with Gasteiger partial charge >= 0.3 is 5.97 Å². The smallest absolute Gasteiger partial charge is 0.307 e. The Bertz CT molecular complexity index is 452. The molecule has 0 aromatic carbocycles. The molecule has 6 nitrogen and oxygen atoms in total. The van der Waals surface area contributed by atoms with Gasteiger partial charge in [-0.3, -0.25) is 4.79 Å². The normalized spacial score (nSPS) is 27.5. The summed E-state index contributed by atoms with van der Waals surface area (Å²) in [5.41, 5.74) is -0.668. The average molecular weight is 401 g/mol. The number of esters is 1. The van der Waals surface area contributed by atoms with Crippen molar-refractivity contribution in [1.29, 1.82) is 0 Å². The van der Waals surface area contributed by atoms with Gasteiger partial charge in [0, 0.05) is 26.7 Å². The van der Waals surface area contributed by atoms with Crippen LogP contribution in [0, 0.1) is 0 Å². The molecule has 28 heavy (non-hydrogen) atoms. The number of unbranched alkanes of at least 4 members (excludes halogenated alkanes) is 3. The van der Waals surface area contributed by atoms with Crippen molar-refractivity contribution in [2.75, 3.05) is 26.4 Å². The van der Waals surface area contributed by atoms with Crippen LogP contribution in [0.1, 0.15) is 73.1 Å². The molecule has 1 heterocycles. The van der Waals surface area contributed by atoms with Gasteiger partial charge in [-0.05, 0) is 32.3 Å². The largest absolute Gasteiger partial charge is 0.435 e. The Kier molecular flexibility index (Phi) is 12.6. The van der Waals surface area contributed by atoms with Gasteiger partial charge in [-0.15, -0.1) is 0 Å². The van der Waals surface area contributed by atoms with E-state index in [-0.39, 0.29) is 24.3 Å². The molecule has 4 atom stereocenters. The van der Waals surface area contributed by atoms with Gasteiger partial charge in [0.1, 0.15) is 23.9 Å². The van der Waals surface area contributed by atoms with E-state index in [4.69, 9.17) is 23.7 Å². The molecule has 0 aromatic heterocycles. The predicted molar refractivity (Wildman–Crippen MR) is 109 cm³/mol. The molecule has 1 fully saturated rings. The number of hydrogen-bond donors (Lipinski definition) is 0. The van der Waals surface area contributed by atoms with Gasteiger partial charge in [0.25, 0.3) is 0 Å². The molecule has 0 amide bonds. The molecule has 0 aromatic rings. The van der Waals surface area contributed by atoms with E-state index in [1.165, 1.54) is 13.2 Å². The third kappa shape index (κ3) is 8.19. The highest BCUT2D eigenvalue weighted by Crippen LogP contribution is 2.38. The third-order valence-electron chi connectivity index (χ3n) is 4.91. The predicted octanol–water partition coefficient (Wildman–Crippen LogP) is 4.41. The topological polar surface area (TPSA) is 63.2 Å². The molecule has 0 aliphatic carbocycles. The molecule has 0 spiro atoms. The Morgan fingerprint density at radius 2 is 1.68 bits per heavy atom. The second-order valence-electron chi connectivity index (χ2n) is 7.49. The van der Waals surface area contributed by atoms with Crippen molar-refractivity contribution in [3.63, 3.8) is 0 Å². The molecule has 1 unspecified atom stereocenters. The summed E-state index contributed by atoms with van der Waals surface area (Å²) < 4.78 is 29.6. The van der Waals surface area contributed by atoms with Crippen molar-refractivity contribution >= 4 is 5.97 Å². The van der Waals surface area contributed by atoms with Gasteiger partial charge in [0.2, 0.25) is 0 Å². The molecule has 0 radical (unpaired) electrons. The zero-order valence-corrected chi connectivity index (χ0v) is 18.4. The zero-order chi connectivity index (χ0) is 20.8. The van der Waals surface area contributed by atoms with E-state index in [9.17, 15) is 4.79 Å². The lowest BCUT2D eigenvalue weighted by molar-refractivity contribution is -0.136. The van der Waals surface area contributed by atoms with Crippen LogP contribution in [0.5, 0.6) is 0 Å². The first-order valence-corrected chi connectivity index (χ1v) is 10.8. The summed E-state index contributed by atoms with van der Waals surface area (Å²) in [6.45, 7) is 12.3. The quantitative estimate of drug-likeness (QED) is 0.230. The Morgan fingerprint density at radius 3 is 2.32 bits per heavy atom. The summed E-state index contributed by atoms with van der Waals surface area (Å²) in [4.78, 5) is 11.1. The van der Waals surface area contributed by atoms with E-state index in [2.05, 4.69) is 20.8 Å². The second kappa shape index (κ2) is 14.1. The molecule has 1 rings (SSSR count). The minimum absolute atomic E-state index is 0.229. The van der Waals surface area contributed by atoms with Crippen LogP contribution in [0.15, 0.2) is 12.3 Å². The van der Waals surface area contributed by atoms with E-state index in [1.807, 2.05) is 6.92 Å². The fourth-order valence-corrected chi connectivity index (χ4v) is 3.17. The number of rotatable bonds is 15. The molecular formula is C22H40O6. The first kappa shape index (κ1) is 25.1. The van der Waals surface area contributed by atoms with Crippen LogP contribution in [0.2, 0.25) is 0 Å². The zero-order valence-electron chi connectivity index (χ0n) is 18.4. The molecule has 0 bridgehead atoms. The summed E-state index contributed by atoms with van der Waals surface area (Å²) in [6.07, 6.45) is 8.46. The van der Waals surface area contributed by atoms with Crippen molar-refractivity contribution < 1.29 is 28.5 Å². The monoisotopic (exact) mass is 400 g/mol. The molecule has 1 aliphatic rings. The summed E-state index contributed by atoms with van der Waals surface area (Å²) in [6, 6.07) is 0. The van der Waals surface area contributed by atoms with E-state index in [1.54, 1.807) is 6.08 Å². The minimum atomic E-state index is -0.668. The highest BCUT2D eigenvalue weighted by atomic mass is 16.6. The fourth-order valence-electron chi connectivity index (χ4n) is 3.17. The molecular weight excluding hydrogens is 360 g/mol. The maximum Gasteiger partial charge on any atom is 0.307 e. The Morgan fingerprint density at radius 1 is 1.04 bits per heavy atom. The van der Waals surface area contributed by atoms with Crippen molar-refractivity contribution in [2.45, 2.75) is 97.1 Å². The van der Waals surface area contributed by atoms with Crippen molar-refractivity contribution in [1.82, 2.24) is 0 Å². The maximum atomic E-state index is 11.1. The van der Waals surface area contributed by atoms with Crippen LogP contribution >= 0.6 is 0 Å². The van der Waals surface area contributed by atoms with Gasteiger partial charge in [-0.25, -0.2) is 0 Å². The van der Waals surface area contributed by atoms with Crippen LogP contribution < -0.4 is 0 Å². The molecule has 6 heteroatoms. The van der Waals surface area contributed by atoms with Crippen molar-refractivity contribution in [2.24, 2.45) is 0 Å². The molecule has 0 saturated carbocycles. The Hall–Kier alpha value is -0.950. The van der Waals surface area contributed by atoms with Gasteiger partial charge in [0.05, 0.1) is 12.9 Å². The lowest BCUT2D eigenvalue weighted by atomic mass is 9.92. The summed E-state index contributed by atoms with van der Waals surface area (Å²) >= 11 is 0. The van der Waals surface area contributed by atoms with Crippen LogP contribution in [-0.4, -0.2) is 56.3 Å². The van der Waals surface area contributed by atoms with Gasteiger partial charge in [0.15, 0.2) is 0 Å². The highest BCUT2D eigenvalue weighted by molar-refractivity contribution is 5.66. The summed E-state index contributed by atoms with van der Waals surface area (Å²) in [7, 11) is 0. The first-order valence-electron chi connectivity index (χ1n) is 10.8. The fraction of sp³-hybridized carbons (Fsp3) is 0.864. The van der Waals surface area contributed by atoms with Crippen molar-refractivity contribution in [3.8, 4) is 0 Å². The number of carbonyl (C=O) groups excluding carboxylic acids is 1. The van der Waals surface area contributed by atoms with Crippen LogP contribution in [0.25, 0.3) is 0 Å². The highest BCUT2D eigenvalue weighted by Gasteiger charge is 2.54. The van der Waals surface area contributed by atoms with E-state index >= 15 is 0 Å². The van der Waals surface area contributed by atoms with Crippen LogP contribution in [0.4, 0.5) is 0 Å². The minimum Gasteiger partial charge on any atom is -0.435 e. The molecule has 0 N–H and O–H groups in total. The number of ether oxygens (including phenoxy) is 5. The van der Waals surface area contributed by atoms with Gasteiger partial charge in [-0.2, -0.15) is 0 Å². The Balaban J connectivity index is 2.93. The molecule has 1 saturated heterocycles. The summed E-state index contributed by atoms with van der Waals surface area (Å²) in [5, 5.41) is 0. The standard InChI is InChI=1S/C22H40O6/c1-6-9-13-24-17-19-21(26-14-10-7-2)22(5,27-15-11-8-3)20(28-19)12-16-25-18(4)23/h12,16,19-21H,6-11,13-15,17H2,1-5H3/t19-,20?,21-,22+/m1/s1. The van der Waals surface area contributed by atoms with E-state index in [0.717, 1.165) is 38.5 Å².